The van der Waals surface area contributed by atoms with Crippen LogP contribution in [0.25, 0.3) is 0 Å². The minimum atomic E-state index is -4.52. The number of benzene rings is 1. The fraction of sp³-hybridized carbons (Fsp3) is 0.444. The lowest BCUT2D eigenvalue weighted by atomic mass is 10.1. The van der Waals surface area contributed by atoms with Crippen LogP contribution in [0.15, 0.2) is 18.2 Å². The molecular formula is C18H20F3N3O2. The fourth-order valence-corrected chi connectivity index (χ4v) is 3.20. The van der Waals surface area contributed by atoms with Crippen LogP contribution < -0.4 is 5.32 Å². The standard InChI is InChI=1S/C18H20F3N3O2/c1-11-7-12(2)9-13(8-11)17(25)22-4-5-24-15-3-6-26-10-14(15)16(23-24)18(19,20)21/h7-9H,3-6,10H2,1-2H3,(H,22,25). The van der Waals surface area contributed by atoms with Crippen molar-refractivity contribution in [1.82, 2.24) is 15.1 Å². The average molecular weight is 367 g/mol. The monoisotopic (exact) mass is 367 g/mol. The Labute approximate surface area is 149 Å². The van der Waals surface area contributed by atoms with Crippen molar-refractivity contribution in [2.24, 2.45) is 0 Å². The molecule has 1 aliphatic rings. The van der Waals surface area contributed by atoms with Gasteiger partial charge < -0.3 is 10.1 Å². The number of hydrogen-bond donors (Lipinski definition) is 1. The Bertz CT molecular complexity index is 808. The second-order valence-electron chi connectivity index (χ2n) is 6.43. The van der Waals surface area contributed by atoms with Gasteiger partial charge in [0.25, 0.3) is 5.91 Å². The Balaban J connectivity index is 1.70. The molecule has 0 radical (unpaired) electrons. The number of nitrogens with one attached hydrogen (secondary N) is 1. The number of hydrogen-bond acceptors (Lipinski definition) is 3. The van der Waals surface area contributed by atoms with E-state index in [2.05, 4.69) is 10.4 Å². The summed E-state index contributed by atoms with van der Waals surface area (Å²) in [5.74, 6) is -0.253. The zero-order valence-corrected chi connectivity index (χ0v) is 14.6. The van der Waals surface area contributed by atoms with Crippen LogP contribution in [0.3, 0.4) is 0 Å². The smallest absolute Gasteiger partial charge is 0.376 e. The Morgan fingerprint density at radius 3 is 2.62 bits per heavy atom. The summed E-state index contributed by atoms with van der Waals surface area (Å²) in [6, 6.07) is 5.52. The van der Waals surface area contributed by atoms with Crippen LogP contribution in [0.4, 0.5) is 13.2 Å². The molecule has 2 aromatic rings. The number of aryl methyl sites for hydroxylation is 2. The summed E-state index contributed by atoms with van der Waals surface area (Å²) in [6.07, 6.45) is -4.14. The van der Waals surface area contributed by atoms with E-state index in [1.165, 1.54) is 4.68 Å². The van der Waals surface area contributed by atoms with E-state index in [9.17, 15) is 18.0 Å². The summed E-state index contributed by atoms with van der Waals surface area (Å²) in [7, 11) is 0. The molecule has 1 aromatic carbocycles. The molecule has 1 aliphatic heterocycles. The molecule has 1 amide bonds. The highest BCUT2D eigenvalue weighted by Crippen LogP contribution is 2.34. The molecule has 0 aliphatic carbocycles. The first-order valence-electron chi connectivity index (χ1n) is 8.35. The summed E-state index contributed by atoms with van der Waals surface area (Å²) >= 11 is 0. The van der Waals surface area contributed by atoms with Crippen LogP contribution >= 0.6 is 0 Å². The number of aromatic nitrogens is 2. The van der Waals surface area contributed by atoms with Crippen molar-refractivity contribution in [2.75, 3.05) is 13.2 Å². The number of carbonyl (C=O) groups is 1. The van der Waals surface area contributed by atoms with Crippen molar-refractivity contribution >= 4 is 5.91 Å². The van der Waals surface area contributed by atoms with Crippen LogP contribution in [0, 0.1) is 13.8 Å². The van der Waals surface area contributed by atoms with Crippen LogP contribution in [0.2, 0.25) is 0 Å². The normalized spacial score (nSPS) is 14.2. The van der Waals surface area contributed by atoms with Gasteiger partial charge in [-0.1, -0.05) is 17.2 Å². The molecule has 0 saturated carbocycles. The van der Waals surface area contributed by atoms with Crippen molar-refractivity contribution in [2.45, 2.75) is 39.6 Å². The van der Waals surface area contributed by atoms with Crippen molar-refractivity contribution in [1.29, 1.82) is 0 Å². The van der Waals surface area contributed by atoms with E-state index in [0.717, 1.165) is 11.1 Å². The summed E-state index contributed by atoms with van der Waals surface area (Å²) in [4.78, 5) is 12.3. The third-order valence-corrected chi connectivity index (χ3v) is 4.26. The zero-order valence-electron chi connectivity index (χ0n) is 14.6. The first-order chi connectivity index (χ1) is 12.3. The molecule has 8 heteroatoms. The van der Waals surface area contributed by atoms with Crippen LogP contribution in [-0.4, -0.2) is 28.8 Å². The maximum atomic E-state index is 13.1. The van der Waals surface area contributed by atoms with E-state index in [-0.39, 0.29) is 31.2 Å². The lowest BCUT2D eigenvalue weighted by Gasteiger charge is -2.15. The summed E-state index contributed by atoms with van der Waals surface area (Å²) in [6.45, 7) is 4.46. The number of amides is 1. The molecule has 0 atom stereocenters. The molecule has 2 heterocycles. The molecule has 3 rings (SSSR count). The number of ether oxygens (including phenoxy) is 1. The van der Waals surface area contributed by atoms with Crippen LogP contribution in [0.5, 0.6) is 0 Å². The molecule has 140 valence electrons. The predicted octanol–water partition coefficient (Wildman–Crippen LogP) is 3.02. The molecule has 26 heavy (non-hydrogen) atoms. The number of halogens is 3. The Morgan fingerprint density at radius 1 is 1.27 bits per heavy atom. The zero-order chi connectivity index (χ0) is 18.9. The van der Waals surface area contributed by atoms with Gasteiger partial charge in [-0.15, -0.1) is 0 Å². The largest absolute Gasteiger partial charge is 0.435 e. The second kappa shape index (κ2) is 7.11. The fourth-order valence-electron chi connectivity index (χ4n) is 3.20. The van der Waals surface area contributed by atoms with E-state index in [1.54, 1.807) is 12.1 Å². The third kappa shape index (κ3) is 3.90. The van der Waals surface area contributed by atoms with Crippen molar-refractivity contribution in [3.05, 3.63) is 51.8 Å². The van der Waals surface area contributed by atoms with E-state index in [0.29, 0.717) is 24.3 Å². The van der Waals surface area contributed by atoms with E-state index < -0.39 is 11.9 Å². The van der Waals surface area contributed by atoms with Crippen molar-refractivity contribution in [3.63, 3.8) is 0 Å². The third-order valence-electron chi connectivity index (χ3n) is 4.26. The van der Waals surface area contributed by atoms with Gasteiger partial charge >= 0.3 is 6.18 Å². The van der Waals surface area contributed by atoms with Gasteiger partial charge in [-0.25, -0.2) is 0 Å². The van der Waals surface area contributed by atoms with E-state index >= 15 is 0 Å². The van der Waals surface area contributed by atoms with Gasteiger partial charge in [0.2, 0.25) is 0 Å². The van der Waals surface area contributed by atoms with Gasteiger partial charge in [-0.2, -0.15) is 18.3 Å². The molecular weight excluding hydrogens is 347 g/mol. The number of carbonyl (C=O) groups excluding carboxylic acids is 1. The predicted molar refractivity (Wildman–Crippen MR) is 88.8 cm³/mol. The first kappa shape index (κ1) is 18.4. The van der Waals surface area contributed by atoms with Gasteiger partial charge in [0.1, 0.15) is 0 Å². The quantitative estimate of drug-likeness (QED) is 0.904. The number of alkyl halides is 3. The van der Waals surface area contributed by atoms with E-state index in [4.69, 9.17) is 4.74 Å². The number of rotatable bonds is 4. The minimum absolute atomic E-state index is 0.0842. The maximum absolute atomic E-state index is 13.1. The summed E-state index contributed by atoms with van der Waals surface area (Å²) < 4.78 is 45.9. The van der Waals surface area contributed by atoms with Gasteiger partial charge in [-0.3, -0.25) is 9.48 Å². The molecule has 0 spiro atoms. The van der Waals surface area contributed by atoms with Crippen molar-refractivity contribution in [3.8, 4) is 0 Å². The Hall–Kier alpha value is -2.35. The number of fused-ring (bicyclic) bond motifs is 1. The molecule has 1 N–H and O–H groups in total. The van der Waals surface area contributed by atoms with Crippen molar-refractivity contribution < 1.29 is 22.7 Å². The summed E-state index contributed by atoms with van der Waals surface area (Å²) in [5.41, 5.74) is 2.23. The highest BCUT2D eigenvalue weighted by atomic mass is 19.4. The SMILES string of the molecule is Cc1cc(C)cc(C(=O)NCCn2nc(C(F)(F)F)c3c2CCOC3)c1. The molecule has 0 fully saturated rings. The molecule has 1 aromatic heterocycles. The van der Waals surface area contributed by atoms with Gasteiger partial charge in [0.05, 0.1) is 19.8 Å². The Kier molecular flexibility index (Phi) is 5.04. The van der Waals surface area contributed by atoms with Crippen LogP contribution in [0.1, 0.15) is 38.4 Å². The second-order valence-corrected chi connectivity index (χ2v) is 6.43. The topological polar surface area (TPSA) is 56.2 Å². The Morgan fingerprint density at radius 2 is 1.96 bits per heavy atom. The number of nitrogens with zero attached hydrogens (tertiary/aromatic N) is 2. The van der Waals surface area contributed by atoms with E-state index in [1.807, 2.05) is 19.9 Å². The molecule has 0 saturated heterocycles. The molecule has 5 nitrogen and oxygen atoms in total. The first-order valence-corrected chi connectivity index (χ1v) is 8.35. The van der Waals surface area contributed by atoms with Crippen LogP contribution in [-0.2, 0) is 30.5 Å². The average Bonchev–Trinajstić information content (AvgIpc) is 2.93. The minimum Gasteiger partial charge on any atom is -0.376 e. The van der Waals surface area contributed by atoms with Gasteiger partial charge in [-0.05, 0) is 26.0 Å². The molecule has 0 unspecified atom stereocenters. The lowest BCUT2D eigenvalue weighted by Crippen LogP contribution is -2.28. The lowest BCUT2D eigenvalue weighted by molar-refractivity contribution is -0.142. The molecule has 0 bridgehead atoms. The maximum Gasteiger partial charge on any atom is 0.435 e. The highest BCUT2D eigenvalue weighted by Gasteiger charge is 2.39. The van der Waals surface area contributed by atoms with Gasteiger partial charge in [0, 0.05) is 29.8 Å². The van der Waals surface area contributed by atoms with Gasteiger partial charge in [0.15, 0.2) is 5.69 Å². The summed E-state index contributed by atoms with van der Waals surface area (Å²) in [5, 5.41) is 6.47. The highest BCUT2D eigenvalue weighted by molar-refractivity contribution is 5.94.